The Balaban J connectivity index is 1.45. The van der Waals surface area contributed by atoms with Gasteiger partial charge in [-0.25, -0.2) is 4.39 Å². The minimum Gasteiger partial charge on any atom is -0.496 e. The number of amides is 2. The number of hydrogen-bond donors (Lipinski definition) is 1. The van der Waals surface area contributed by atoms with Gasteiger partial charge in [-0.2, -0.15) is 0 Å². The number of aromatic amines is 1. The molecule has 1 N–H and O–H groups in total. The number of aromatic nitrogens is 1. The van der Waals surface area contributed by atoms with E-state index in [1.807, 2.05) is 49.4 Å². The summed E-state index contributed by atoms with van der Waals surface area (Å²) < 4.78 is 19.0. The normalized spacial score (nSPS) is 21.2. The van der Waals surface area contributed by atoms with Crippen LogP contribution in [0.4, 0.5) is 4.39 Å². The van der Waals surface area contributed by atoms with Gasteiger partial charge in [0.05, 0.1) is 19.3 Å². The van der Waals surface area contributed by atoms with E-state index in [1.165, 1.54) is 12.1 Å². The lowest BCUT2D eigenvalue weighted by Crippen LogP contribution is -2.67. The fourth-order valence-corrected chi connectivity index (χ4v) is 6.01. The van der Waals surface area contributed by atoms with Crippen LogP contribution in [-0.4, -0.2) is 53.3 Å². The lowest BCUT2D eigenvalue weighted by Gasteiger charge is -2.51. The molecule has 3 heterocycles. The molecule has 2 aliphatic rings. The molecule has 6 nitrogen and oxygen atoms in total. The number of nitrogens with zero attached hydrogens (tertiary/aromatic N) is 2. The first kappa shape index (κ1) is 23.3. The first-order valence-corrected chi connectivity index (χ1v) is 12.5. The molecule has 6 rings (SSSR count). The fraction of sp³-hybridized carbons (Fsp3) is 0.267. The second-order valence-corrected chi connectivity index (χ2v) is 9.93. The second kappa shape index (κ2) is 8.76. The van der Waals surface area contributed by atoms with Gasteiger partial charge in [-0.1, -0.05) is 48.5 Å². The van der Waals surface area contributed by atoms with Crippen LogP contribution in [0, 0.1) is 5.82 Å². The Morgan fingerprint density at radius 3 is 2.54 bits per heavy atom. The number of carbonyl (C=O) groups is 2. The smallest absolute Gasteiger partial charge is 0.254 e. The molecule has 0 spiro atoms. The molecule has 4 aromatic rings. The third-order valence-electron chi connectivity index (χ3n) is 7.92. The molecule has 1 saturated heterocycles. The van der Waals surface area contributed by atoms with Gasteiger partial charge in [0.2, 0.25) is 5.91 Å². The molecule has 2 amide bonds. The molecule has 1 aromatic heterocycles. The topological polar surface area (TPSA) is 65.6 Å². The SMILES string of the molecule is COc1ccccc1C1CN2C(=O)CN(CCc3ccc(F)cc3)C(=O)C2(C)c2[nH]c3ccccc3c21. The molecule has 2 aliphatic heterocycles. The highest BCUT2D eigenvalue weighted by Gasteiger charge is 2.56. The maximum atomic E-state index is 14.1. The van der Waals surface area contributed by atoms with E-state index < -0.39 is 5.54 Å². The Morgan fingerprint density at radius 1 is 1.03 bits per heavy atom. The molecule has 2 atom stereocenters. The van der Waals surface area contributed by atoms with Crippen molar-refractivity contribution in [1.29, 1.82) is 0 Å². The van der Waals surface area contributed by atoms with Gasteiger partial charge < -0.3 is 19.5 Å². The average molecular weight is 498 g/mol. The van der Waals surface area contributed by atoms with Crippen LogP contribution in [0.25, 0.3) is 10.9 Å². The van der Waals surface area contributed by atoms with Crippen molar-refractivity contribution in [2.75, 3.05) is 26.7 Å². The average Bonchev–Trinajstić information content (AvgIpc) is 3.32. The largest absolute Gasteiger partial charge is 0.496 e. The molecule has 188 valence electrons. The maximum Gasteiger partial charge on any atom is 0.254 e. The zero-order chi connectivity index (χ0) is 25.7. The number of ether oxygens (including phenoxy) is 1. The molecule has 3 aromatic carbocycles. The van der Waals surface area contributed by atoms with Crippen molar-refractivity contribution in [3.63, 3.8) is 0 Å². The molecule has 0 bridgehead atoms. The van der Waals surface area contributed by atoms with Gasteiger partial charge >= 0.3 is 0 Å². The van der Waals surface area contributed by atoms with Crippen LogP contribution < -0.4 is 4.74 Å². The van der Waals surface area contributed by atoms with Crippen molar-refractivity contribution in [2.24, 2.45) is 0 Å². The third kappa shape index (κ3) is 3.60. The summed E-state index contributed by atoms with van der Waals surface area (Å²) in [6.07, 6.45) is 0.540. The molecule has 0 saturated carbocycles. The van der Waals surface area contributed by atoms with Crippen molar-refractivity contribution in [2.45, 2.75) is 24.8 Å². The number of methoxy groups -OCH3 is 1. The molecule has 0 radical (unpaired) electrons. The summed E-state index contributed by atoms with van der Waals surface area (Å²) in [5.41, 5.74) is 3.45. The summed E-state index contributed by atoms with van der Waals surface area (Å²) in [7, 11) is 1.65. The Morgan fingerprint density at radius 2 is 1.76 bits per heavy atom. The molecule has 1 fully saturated rings. The number of piperazine rings is 1. The van der Waals surface area contributed by atoms with Gasteiger partial charge in [0.15, 0.2) is 5.54 Å². The number of halogens is 1. The predicted molar refractivity (Wildman–Crippen MR) is 139 cm³/mol. The van der Waals surface area contributed by atoms with Crippen molar-refractivity contribution in [3.8, 4) is 5.75 Å². The van der Waals surface area contributed by atoms with Crippen LogP contribution in [0.15, 0.2) is 72.8 Å². The van der Waals surface area contributed by atoms with E-state index >= 15 is 0 Å². The highest BCUT2D eigenvalue weighted by molar-refractivity contribution is 6.01. The summed E-state index contributed by atoms with van der Waals surface area (Å²) in [5, 5.41) is 1.04. The van der Waals surface area contributed by atoms with E-state index in [4.69, 9.17) is 4.74 Å². The monoisotopic (exact) mass is 497 g/mol. The van der Waals surface area contributed by atoms with Crippen LogP contribution in [0.3, 0.4) is 0 Å². The minimum atomic E-state index is -1.16. The Hall–Kier alpha value is -4.13. The summed E-state index contributed by atoms with van der Waals surface area (Å²) in [6, 6.07) is 22.1. The number of carbonyl (C=O) groups excluding carboxylic acids is 2. The lowest BCUT2D eigenvalue weighted by molar-refractivity contribution is -0.166. The third-order valence-corrected chi connectivity index (χ3v) is 7.92. The Labute approximate surface area is 214 Å². The number of hydrogen-bond acceptors (Lipinski definition) is 3. The van der Waals surface area contributed by atoms with E-state index in [0.29, 0.717) is 19.5 Å². The number of para-hydroxylation sites is 2. The van der Waals surface area contributed by atoms with E-state index in [-0.39, 0.29) is 30.1 Å². The van der Waals surface area contributed by atoms with E-state index in [9.17, 15) is 14.0 Å². The number of rotatable bonds is 5. The van der Waals surface area contributed by atoms with Crippen molar-refractivity contribution < 1.29 is 18.7 Å². The van der Waals surface area contributed by atoms with Crippen molar-refractivity contribution in [3.05, 3.63) is 101 Å². The first-order valence-electron chi connectivity index (χ1n) is 12.5. The number of fused-ring (bicyclic) bond motifs is 5. The van der Waals surface area contributed by atoms with Gasteiger partial charge in [0.25, 0.3) is 5.91 Å². The lowest BCUT2D eigenvalue weighted by atomic mass is 9.76. The Kier molecular flexibility index (Phi) is 5.51. The van der Waals surface area contributed by atoms with E-state index in [1.54, 1.807) is 29.0 Å². The number of H-pyrrole nitrogens is 1. The van der Waals surface area contributed by atoms with Crippen LogP contribution >= 0.6 is 0 Å². The standard InChI is InChI=1S/C30H28FN3O3/c1-30-28-27(22-8-3-5-9-24(22)32-28)23(21-7-4-6-10-25(21)37-2)17-34(30)26(35)18-33(29(30)36)16-15-19-11-13-20(31)14-12-19/h3-14,23,32H,15-18H2,1-2H3. The van der Waals surface area contributed by atoms with Crippen molar-refractivity contribution >= 4 is 22.7 Å². The maximum absolute atomic E-state index is 14.1. The molecule has 0 aliphatic carbocycles. The quantitative estimate of drug-likeness (QED) is 0.439. The van der Waals surface area contributed by atoms with Gasteiger partial charge in [-0.05, 0) is 48.7 Å². The molecule has 7 heteroatoms. The van der Waals surface area contributed by atoms with Crippen LogP contribution in [-0.2, 0) is 21.5 Å². The van der Waals surface area contributed by atoms with Crippen LogP contribution in [0.5, 0.6) is 5.75 Å². The first-order chi connectivity index (χ1) is 17.9. The highest BCUT2D eigenvalue weighted by Crippen LogP contribution is 2.49. The molecule has 37 heavy (non-hydrogen) atoms. The van der Waals surface area contributed by atoms with Gasteiger partial charge in [-0.3, -0.25) is 9.59 Å². The zero-order valence-corrected chi connectivity index (χ0v) is 20.8. The zero-order valence-electron chi connectivity index (χ0n) is 20.8. The van der Waals surface area contributed by atoms with Gasteiger partial charge in [0, 0.05) is 35.5 Å². The van der Waals surface area contributed by atoms with E-state index in [2.05, 4.69) is 11.1 Å². The van der Waals surface area contributed by atoms with Crippen LogP contribution in [0.2, 0.25) is 0 Å². The minimum absolute atomic E-state index is 0.0177. The van der Waals surface area contributed by atoms with Crippen molar-refractivity contribution in [1.82, 2.24) is 14.8 Å². The number of nitrogens with one attached hydrogen (secondary N) is 1. The Bertz CT molecular complexity index is 1510. The summed E-state index contributed by atoms with van der Waals surface area (Å²) >= 11 is 0. The molecular formula is C30H28FN3O3. The van der Waals surface area contributed by atoms with Gasteiger partial charge in [0.1, 0.15) is 11.6 Å². The summed E-state index contributed by atoms with van der Waals surface area (Å²) in [4.78, 5) is 34.7. The second-order valence-electron chi connectivity index (χ2n) is 9.93. The molecule has 2 unspecified atom stereocenters. The van der Waals surface area contributed by atoms with Crippen LogP contribution in [0.1, 0.15) is 35.2 Å². The van der Waals surface area contributed by atoms with Gasteiger partial charge in [-0.15, -0.1) is 0 Å². The predicted octanol–water partition coefficient (Wildman–Crippen LogP) is 4.59. The fourth-order valence-electron chi connectivity index (χ4n) is 6.01. The number of benzene rings is 3. The summed E-state index contributed by atoms with van der Waals surface area (Å²) in [5.74, 6) is 0.0992. The summed E-state index contributed by atoms with van der Waals surface area (Å²) in [6.45, 7) is 2.63. The van der Waals surface area contributed by atoms with E-state index in [0.717, 1.165) is 39.0 Å². The molecular weight excluding hydrogens is 469 g/mol. The highest BCUT2D eigenvalue weighted by atomic mass is 19.1.